The first-order valence-electron chi connectivity index (χ1n) is 21.1. The van der Waals surface area contributed by atoms with E-state index in [0.29, 0.717) is 11.4 Å². The number of rotatable bonds is 8. The molecule has 0 aliphatic carbocycles. The molecular weight excluding hydrogens is 731 g/mol. The van der Waals surface area contributed by atoms with Gasteiger partial charge in [-0.25, -0.2) is 4.98 Å². The maximum atomic E-state index is 12.0. The third kappa shape index (κ3) is 7.30. The predicted octanol–water partition coefficient (Wildman–Crippen LogP) is 14.9. The molecule has 294 valence electrons. The van der Waals surface area contributed by atoms with Gasteiger partial charge in [0.05, 0.1) is 28.0 Å². The van der Waals surface area contributed by atoms with Gasteiger partial charge >= 0.3 is 0 Å². The van der Waals surface area contributed by atoms with Crippen LogP contribution in [-0.4, -0.2) is 19.6 Å². The lowest BCUT2D eigenvalue weighted by molar-refractivity contribution is 0.471. The van der Waals surface area contributed by atoms with Crippen LogP contribution in [0.25, 0.3) is 83.9 Å². The third-order valence-electron chi connectivity index (χ3n) is 11.5. The maximum absolute atomic E-state index is 12.0. The third-order valence-corrected chi connectivity index (χ3v) is 11.5. The van der Waals surface area contributed by atoms with E-state index in [2.05, 4.69) is 165 Å². The molecule has 9 rings (SSSR count). The minimum absolute atomic E-state index is 0.175. The number of imidazole rings is 1. The summed E-state index contributed by atoms with van der Waals surface area (Å²) in [4.78, 5) is 10.5. The lowest BCUT2D eigenvalue weighted by Gasteiger charge is -2.22. The monoisotopic (exact) mass is 780 g/mol. The number of pyridine rings is 1. The van der Waals surface area contributed by atoms with E-state index < -0.39 is 5.89 Å². The summed E-state index contributed by atoms with van der Waals surface area (Å²) in [5, 5.41) is 12.0. The van der Waals surface area contributed by atoms with Gasteiger partial charge < -0.3 is 5.11 Å². The van der Waals surface area contributed by atoms with Gasteiger partial charge in [-0.15, -0.1) is 0 Å². The fourth-order valence-corrected chi connectivity index (χ4v) is 8.16. The van der Waals surface area contributed by atoms with E-state index in [-0.39, 0.29) is 11.2 Å². The van der Waals surface area contributed by atoms with Crippen LogP contribution in [0.2, 0.25) is 0 Å². The largest absolute Gasteiger partial charge is 0.507 e. The quantitative estimate of drug-likeness (QED) is 0.167. The summed E-state index contributed by atoms with van der Waals surface area (Å²) in [6.45, 7) is 12.4. The van der Waals surface area contributed by atoms with Crippen molar-refractivity contribution in [3.63, 3.8) is 0 Å². The number of benzene rings is 7. The number of phenols is 1. The topological polar surface area (TPSA) is 50.9 Å². The lowest BCUT2D eigenvalue weighted by atomic mass is 9.84. The summed E-state index contributed by atoms with van der Waals surface area (Å²) in [6, 6.07) is 59.0. The van der Waals surface area contributed by atoms with Crippen molar-refractivity contribution in [1.29, 1.82) is 0 Å². The number of nitrogens with zero attached hydrogens (tertiary/aromatic N) is 3. The van der Waals surface area contributed by atoms with E-state index in [1.165, 1.54) is 0 Å². The molecule has 0 aliphatic heterocycles. The zero-order chi connectivity index (χ0) is 42.5. The number of aromatic hydroxyl groups is 1. The number of hydrogen-bond donors (Lipinski definition) is 1. The van der Waals surface area contributed by atoms with E-state index >= 15 is 0 Å². The molecule has 4 heteroatoms. The van der Waals surface area contributed by atoms with E-state index in [9.17, 15) is 5.11 Å². The average Bonchev–Trinajstić information content (AvgIpc) is 3.66. The summed E-state index contributed by atoms with van der Waals surface area (Å²) >= 11 is 0. The highest BCUT2D eigenvalue weighted by atomic mass is 16.3. The summed E-state index contributed by atoms with van der Waals surface area (Å²) < 4.78 is 11.2. The predicted molar refractivity (Wildman–Crippen MR) is 251 cm³/mol. The van der Waals surface area contributed by atoms with Gasteiger partial charge in [0.2, 0.25) is 0 Å². The molecule has 0 aliphatic rings. The number of fused-ring (bicyclic) bond motifs is 1. The van der Waals surface area contributed by atoms with Crippen LogP contribution in [0.15, 0.2) is 176 Å². The molecule has 0 atom stereocenters. The van der Waals surface area contributed by atoms with Crippen LogP contribution < -0.4 is 0 Å². The van der Waals surface area contributed by atoms with Gasteiger partial charge in [0.25, 0.3) is 0 Å². The molecule has 0 saturated carbocycles. The Morgan fingerprint density at radius 1 is 0.567 bits per heavy atom. The fourth-order valence-electron chi connectivity index (χ4n) is 8.16. The molecule has 0 bridgehead atoms. The summed E-state index contributed by atoms with van der Waals surface area (Å²) in [6.07, 6.45) is 1.89. The maximum Gasteiger partial charge on any atom is 0.149 e. The molecule has 0 amide bonds. The van der Waals surface area contributed by atoms with Crippen molar-refractivity contribution in [3.8, 4) is 78.6 Å². The smallest absolute Gasteiger partial charge is 0.149 e. The first kappa shape index (κ1) is 37.2. The van der Waals surface area contributed by atoms with Crippen molar-refractivity contribution in [2.24, 2.45) is 0 Å². The molecular formula is C56H49N3O. The van der Waals surface area contributed by atoms with Crippen LogP contribution in [-0.2, 0) is 5.41 Å². The van der Waals surface area contributed by atoms with E-state index in [0.717, 1.165) is 89.2 Å². The summed E-state index contributed by atoms with van der Waals surface area (Å²) in [5.74, 6) is 0.0255. The van der Waals surface area contributed by atoms with Crippen molar-refractivity contribution in [3.05, 3.63) is 193 Å². The molecule has 9 aromatic rings. The number of aryl methyl sites for hydroxylation is 1. The van der Waals surface area contributed by atoms with Crippen LogP contribution in [0.4, 0.5) is 0 Å². The first-order chi connectivity index (χ1) is 29.3. The summed E-state index contributed by atoms with van der Waals surface area (Å²) in [5.41, 5.74) is 16.2. The Hall–Kier alpha value is -7.04. The van der Waals surface area contributed by atoms with Crippen LogP contribution in [0.3, 0.4) is 0 Å². The number of para-hydroxylation sites is 1. The van der Waals surface area contributed by atoms with Gasteiger partial charge in [-0.2, -0.15) is 0 Å². The molecule has 0 fully saturated rings. The van der Waals surface area contributed by atoms with Gasteiger partial charge in [-0.3, -0.25) is 9.55 Å². The van der Waals surface area contributed by atoms with Crippen LogP contribution in [0, 0.1) is 6.92 Å². The second-order valence-electron chi connectivity index (χ2n) is 16.9. The van der Waals surface area contributed by atoms with Crippen LogP contribution in [0.5, 0.6) is 5.75 Å². The molecule has 0 unspecified atom stereocenters. The van der Waals surface area contributed by atoms with Gasteiger partial charge in [0.1, 0.15) is 11.6 Å². The Balaban J connectivity index is 1.35. The fraction of sp³-hybridized carbons (Fsp3) is 0.143. The van der Waals surface area contributed by atoms with Crippen molar-refractivity contribution >= 4 is 11.0 Å². The first-order valence-corrected chi connectivity index (χ1v) is 20.6. The molecule has 2 aromatic heterocycles. The standard InChI is InChI=1S/C56H49N3O/c1-36(2)41-25-26-51(48(33-41)40-21-14-9-15-22-40)59-52-24-16-23-47(53(52)58-55(59)49-35-46(56(4,5)6)29-37(3)54(49)60)44-30-43(39-19-12-8-13-20-39)31-45(32-44)50-34-42(27-28-57-50)38-17-10-7-11-18-38/h7-36,60H,1-6H3/i36D. The Morgan fingerprint density at radius 3 is 1.87 bits per heavy atom. The zero-order valence-corrected chi connectivity index (χ0v) is 35.0. The van der Waals surface area contributed by atoms with Crippen molar-refractivity contribution in [2.45, 2.75) is 52.9 Å². The van der Waals surface area contributed by atoms with Crippen LogP contribution in [0.1, 0.15) is 58.6 Å². The molecule has 0 radical (unpaired) electrons. The molecule has 4 nitrogen and oxygen atoms in total. The normalized spacial score (nSPS) is 12.1. The SMILES string of the molecule is [2H]C(C)(C)c1ccc(-n2c(-c3cc(C(C)(C)C)cc(C)c3O)nc3c(-c4cc(-c5ccccc5)cc(-c5cc(-c6ccccc6)ccn5)c4)cccc32)c(-c2ccccc2)c1. The molecule has 2 heterocycles. The average molecular weight is 781 g/mol. The van der Waals surface area contributed by atoms with E-state index in [1.54, 1.807) is 0 Å². The molecule has 0 spiro atoms. The van der Waals surface area contributed by atoms with Gasteiger partial charge in [0.15, 0.2) is 0 Å². The number of aromatic nitrogens is 3. The molecule has 7 aromatic carbocycles. The van der Waals surface area contributed by atoms with Gasteiger partial charge in [-0.1, -0.05) is 150 Å². The highest BCUT2D eigenvalue weighted by Crippen LogP contribution is 2.44. The lowest BCUT2D eigenvalue weighted by Crippen LogP contribution is -2.12. The Kier molecular flexibility index (Phi) is 9.69. The van der Waals surface area contributed by atoms with Gasteiger partial charge in [-0.05, 0) is 123 Å². The second-order valence-corrected chi connectivity index (χ2v) is 16.9. The molecule has 1 N–H and O–H groups in total. The Labute approximate surface area is 354 Å². The van der Waals surface area contributed by atoms with E-state index in [1.807, 2.05) is 57.3 Å². The van der Waals surface area contributed by atoms with E-state index in [4.69, 9.17) is 11.3 Å². The number of phenolic OH excluding ortho intramolecular Hbond substituents is 1. The Bertz CT molecular complexity index is 3050. The summed E-state index contributed by atoms with van der Waals surface area (Å²) in [7, 11) is 0. The molecule has 0 saturated heterocycles. The zero-order valence-electron chi connectivity index (χ0n) is 36.0. The van der Waals surface area contributed by atoms with Crippen molar-refractivity contribution in [2.75, 3.05) is 0 Å². The van der Waals surface area contributed by atoms with Crippen molar-refractivity contribution < 1.29 is 6.48 Å². The van der Waals surface area contributed by atoms with Gasteiger partial charge in [0, 0.05) is 24.3 Å². The Morgan fingerprint density at radius 2 is 1.20 bits per heavy atom. The van der Waals surface area contributed by atoms with Crippen LogP contribution >= 0.6 is 0 Å². The minimum atomic E-state index is -0.817. The highest BCUT2D eigenvalue weighted by molar-refractivity contribution is 5.98. The second kappa shape index (κ2) is 15.6. The molecule has 60 heavy (non-hydrogen) atoms. The minimum Gasteiger partial charge on any atom is -0.507 e. The highest BCUT2D eigenvalue weighted by Gasteiger charge is 2.26. The number of hydrogen-bond acceptors (Lipinski definition) is 3. The van der Waals surface area contributed by atoms with Crippen molar-refractivity contribution in [1.82, 2.24) is 14.5 Å².